The number of alkyl carbamates (subject to hydrolysis) is 1. The Morgan fingerprint density at radius 3 is 2.02 bits per heavy atom. The van der Waals surface area contributed by atoms with Gasteiger partial charge < -0.3 is 36.2 Å². The molecule has 4 fully saturated rings. The minimum atomic E-state index is -1.04. The van der Waals surface area contributed by atoms with Gasteiger partial charge in [0.05, 0.1) is 12.1 Å². The number of amides is 6. The average Bonchev–Trinajstić information content (AvgIpc) is 3.83. The minimum Gasteiger partial charge on any atom is -0.447 e. The van der Waals surface area contributed by atoms with Gasteiger partial charge in [-0.05, 0) is 89.4 Å². The molecule has 0 aromatic heterocycles. The summed E-state index contributed by atoms with van der Waals surface area (Å²) < 4.78 is 5.12. The fourth-order valence-corrected chi connectivity index (χ4v) is 8.14. The number of nitrogens with zero attached hydrogens (tertiary/aromatic N) is 1. The predicted molar refractivity (Wildman–Crippen MR) is 198 cm³/mol. The average molecular weight is 745 g/mol. The summed E-state index contributed by atoms with van der Waals surface area (Å²) in [6.07, 6.45) is 9.57. The highest BCUT2D eigenvalue weighted by Gasteiger charge is 2.51. The first kappa shape index (κ1) is 42.0. The van der Waals surface area contributed by atoms with Crippen molar-refractivity contribution >= 4 is 41.4 Å². The second-order valence-corrected chi connectivity index (χ2v) is 17.1. The minimum absolute atomic E-state index is 0.000319. The van der Waals surface area contributed by atoms with E-state index in [1.165, 1.54) is 6.92 Å². The van der Waals surface area contributed by atoms with Crippen LogP contribution in [0.3, 0.4) is 0 Å². The van der Waals surface area contributed by atoms with Gasteiger partial charge >= 0.3 is 6.09 Å². The predicted octanol–water partition coefficient (Wildman–Crippen LogP) is 3.40. The van der Waals surface area contributed by atoms with E-state index in [9.17, 15) is 33.6 Å². The van der Waals surface area contributed by atoms with Crippen molar-refractivity contribution in [2.45, 2.75) is 187 Å². The number of fused-ring (bicyclic) bond motifs is 1. The number of hydrogen-bond donors (Lipinski definition) is 5. The molecule has 0 radical (unpaired) electrons. The van der Waals surface area contributed by atoms with Gasteiger partial charge in [0.1, 0.15) is 24.2 Å². The lowest BCUT2D eigenvalue weighted by Crippen LogP contribution is -2.63. The Balaban J connectivity index is 1.56. The maximum atomic E-state index is 14.9. The van der Waals surface area contributed by atoms with E-state index in [1.807, 2.05) is 27.7 Å². The molecule has 4 aliphatic rings. The van der Waals surface area contributed by atoms with Gasteiger partial charge in [-0.25, -0.2) is 4.79 Å². The topological polar surface area (TPSA) is 192 Å². The van der Waals surface area contributed by atoms with E-state index < -0.39 is 71.1 Å². The molecule has 3 aliphatic carbocycles. The van der Waals surface area contributed by atoms with Crippen LogP contribution >= 0.6 is 0 Å². The quantitative estimate of drug-likeness (QED) is 0.158. The molecule has 1 saturated heterocycles. The largest absolute Gasteiger partial charge is 0.447 e. The molecule has 4 rings (SSSR count). The molecular weight excluding hydrogens is 680 g/mol. The van der Waals surface area contributed by atoms with E-state index in [4.69, 9.17) is 4.74 Å². The van der Waals surface area contributed by atoms with Gasteiger partial charge in [-0.15, -0.1) is 0 Å². The summed E-state index contributed by atoms with van der Waals surface area (Å²) in [7, 11) is 0. The van der Waals surface area contributed by atoms with E-state index in [-0.39, 0.29) is 42.4 Å². The van der Waals surface area contributed by atoms with Crippen molar-refractivity contribution in [3.8, 4) is 0 Å². The molecule has 0 aromatic carbocycles. The molecular formula is C39H64N6O8. The van der Waals surface area contributed by atoms with Gasteiger partial charge in [0.2, 0.25) is 29.4 Å². The molecule has 0 bridgehead atoms. The van der Waals surface area contributed by atoms with Crippen molar-refractivity contribution in [2.24, 2.45) is 17.3 Å². The molecule has 0 aromatic rings. The number of nitrogens with one attached hydrogen (secondary N) is 5. The standard InChI is InChI=1S/C39H64N6O8/c1-8-14-27(31(46)36(50)41-26-19-20-26)42-34(48)29-21-25-17-12-13-18-28(25)45(29)37(51)32(39(5,6)7)44-35(49)30(24-15-10-9-11-16-24)43-33(47)23(4)40-38(52)53-22(2)3/h22-30,32H,8-21H2,1-7H3,(H,40,52)(H,41,50)(H,42,48)(H,43,47)(H,44,49)/t23?,25-,27?,28-,29-,30?,32+/m0/s1. The molecule has 6 amide bonds. The summed E-state index contributed by atoms with van der Waals surface area (Å²) in [5, 5.41) is 14.0. The molecule has 0 spiro atoms. The Labute approximate surface area is 314 Å². The normalized spacial score (nSPS) is 24.2. The number of likely N-dealkylation sites (tertiary alicyclic amines) is 1. The van der Waals surface area contributed by atoms with Crippen molar-refractivity contribution in [3.63, 3.8) is 0 Å². The summed E-state index contributed by atoms with van der Waals surface area (Å²) >= 11 is 0. The van der Waals surface area contributed by atoms with E-state index >= 15 is 0 Å². The van der Waals surface area contributed by atoms with Crippen LogP contribution in [0.4, 0.5) is 4.79 Å². The van der Waals surface area contributed by atoms with E-state index in [0.29, 0.717) is 12.8 Å². The highest BCUT2D eigenvalue weighted by atomic mass is 16.6. The van der Waals surface area contributed by atoms with E-state index in [1.54, 1.807) is 18.7 Å². The Morgan fingerprint density at radius 1 is 0.774 bits per heavy atom. The number of carbonyl (C=O) groups is 7. The van der Waals surface area contributed by atoms with Crippen LogP contribution in [0.2, 0.25) is 0 Å². The van der Waals surface area contributed by atoms with E-state index in [2.05, 4.69) is 26.6 Å². The van der Waals surface area contributed by atoms with Crippen molar-refractivity contribution in [1.82, 2.24) is 31.5 Å². The van der Waals surface area contributed by atoms with Crippen molar-refractivity contribution < 1.29 is 38.3 Å². The van der Waals surface area contributed by atoms with Gasteiger partial charge in [-0.1, -0.05) is 66.2 Å². The second-order valence-electron chi connectivity index (χ2n) is 17.1. The zero-order valence-electron chi connectivity index (χ0n) is 32.9. The maximum absolute atomic E-state index is 14.9. The third-order valence-electron chi connectivity index (χ3n) is 11.2. The lowest BCUT2D eigenvalue weighted by atomic mass is 9.81. The molecule has 3 unspecified atom stereocenters. The number of carbonyl (C=O) groups excluding carboxylic acids is 7. The molecule has 1 heterocycles. The SMILES string of the molecule is CCCC(NC(=O)[C@@H]1C[C@@H]2CCCC[C@@H]2N1C(=O)[C@@H](NC(=O)C(NC(=O)C(C)NC(=O)OC(C)C)C1CCCCC1)C(C)(C)C)C(=O)C(=O)NC1CC1. The summed E-state index contributed by atoms with van der Waals surface area (Å²) in [5.41, 5.74) is -0.779. The first-order valence-electron chi connectivity index (χ1n) is 20.1. The lowest BCUT2D eigenvalue weighted by Gasteiger charge is -2.40. The maximum Gasteiger partial charge on any atom is 0.408 e. The summed E-state index contributed by atoms with van der Waals surface area (Å²) in [6.45, 7) is 12.4. The molecule has 14 heteroatoms. The third-order valence-corrected chi connectivity index (χ3v) is 11.2. The number of ketones is 1. The summed E-state index contributed by atoms with van der Waals surface area (Å²) in [4.78, 5) is 96.4. The fourth-order valence-electron chi connectivity index (χ4n) is 8.14. The smallest absolute Gasteiger partial charge is 0.408 e. The fraction of sp³-hybridized carbons (Fsp3) is 0.821. The van der Waals surface area contributed by atoms with Crippen molar-refractivity contribution in [2.75, 3.05) is 0 Å². The summed E-state index contributed by atoms with van der Waals surface area (Å²) in [5.74, 6) is -3.36. The highest BCUT2D eigenvalue weighted by Crippen LogP contribution is 2.41. The van der Waals surface area contributed by atoms with Crippen LogP contribution in [0.15, 0.2) is 0 Å². The van der Waals surface area contributed by atoms with Crippen molar-refractivity contribution in [3.05, 3.63) is 0 Å². The third kappa shape index (κ3) is 11.4. The number of hydrogen-bond acceptors (Lipinski definition) is 8. The number of rotatable bonds is 15. The molecule has 298 valence electrons. The van der Waals surface area contributed by atoms with Crippen LogP contribution < -0.4 is 26.6 Å². The lowest BCUT2D eigenvalue weighted by molar-refractivity contribution is -0.147. The molecule has 5 N–H and O–H groups in total. The van der Waals surface area contributed by atoms with Gasteiger partial charge in [-0.2, -0.15) is 0 Å². The Kier molecular flexibility index (Phi) is 14.7. The molecule has 14 nitrogen and oxygen atoms in total. The first-order valence-corrected chi connectivity index (χ1v) is 20.1. The zero-order valence-corrected chi connectivity index (χ0v) is 32.9. The van der Waals surface area contributed by atoms with Crippen molar-refractivity contribution in [1.29, 1.82) is 0 Å². The van der Waals surface area contributed by atoms with Crippen LogP contribution in [0.25, 0.3) is 0 Å². The van der Waals surface area contributed by atoms with Crippen LogP contribution in [0.5, 0.6) is 0 Å². The monoisotopic (exact) mass is 744 g/mol. The van der Waals surface area contributed by atoms with Crippen LogP contribution in [0.1, 0.15) is 138 Å². The Hall–Kier alpha value is -3.71. The van der Waals surface area contributed by atoms with Crippen LogP contribution in [-0.2, 0) is 33.5 Å². The van der Waals surface area contributed by atoms with Gasteiger partial charge in [0.15, 0.2) is 0 Å². The molecule has 7 atom stereocenters. The number of ether oxygens (including phenoxy) is 1. The molecule has 1 aliphatic heterocycles. The van der Waals surface area contributed by atoms with Crippen LogP contribution in [0, 0.1) is 17.3 Å². The van der Waals surface area contributed by atoms with Gasteiger partial charge in [0, 0.05) is 12.1 Å². The Bertz CT molecular complexity index is 1350. The molecule has 53 heavy (non-hydrogen) atoms. The number of Topliss-reactive ketones (excluding diaryl/α,β-unsaturated/α-hetero) is 1. The van der Waals surface area contributed by atoms with Gasteiger partial charge in [0.25, 0.3) is 5.91 Å². The summed E-state index contributed by atoms with van der Waals surface area (Å²) in [6, 6.07) is -5.06. The van der Waals surface area contributed by atoms with Crippen LogP contribution in [-0.4, -0.2) is 94.7 Å². The molecule has 3 saturated carbocycles. The second kappa shape index (κ2) is 18.6. The highest BCUT2D eigenvalue weighted by molar-refractivity contribution is 6.38. The van der Waals surface area contributed by atoms with E-state index in [0.717, 1.165) is 70.6 Å². The Morgan fingerprint density at radius 2 is 1.42 bits per heavy atom. The first-order chi connectivity index (χ1) is 25.0. The zero-order chi connectivity index (χ0) is 39.0. The van der Waals surface area contributed by atoms with Gasteiger partial charge in [-0.3, -0.25) is 28.8 Å².